The minimum Gasteiger partial charge on any atom is -0.378 e. The average molecular weight is 308 g/mol. The molecule has 0 radical (unpaired) electrons. The van der Waals surface area contributed by atoms with E-state index in [4.69, 9.17) is 11.6 Å². The van der Waals surface area contributed by atoms with Gasteiger partial charge in [0.15, 0.2) is 0 Å². The van der Waals surface area contributed by atoms with Crippen molar-refractivity contribution >= 4 is 17.3 Å². The quantitative estimate of drug-likeness (QED) is 0.903. The van der Waals surface area contributed by atoms with Gasteiger partial charge in [0.05, 0.1) is 18.1 Å². The number of nitrogens with zero attached hydrogens (tertiary/aromatic N) is 3. The summed E-state index contributed by atoms with van der Waals surface area (Å²) in [6, 6.07) is 0. The Labute approximate surface area is 115 Å². The van der Waals surface area contributed by atoms with E-state index in [9.17, 15) is 18.0 Å². The van der Waals surface area contributed by atoms with Crippen LogP contribution < -0.4 is 10.9 Å². The van der Waals surface area contributed by atoms with E-state index >= 15 is 0 Å². The second-order valence-corrected chi connectivity index (χ2v) is 4.29. The Bertz CT molecular complexity index is 637. The molecule has 108 valence electrons. The van der Waals surface area contributed by atoms with E-state index in [-0.39, 0.29) is 15.4 Å². The van der Waals surface area contributed by atoms with Crippen molar-refractivity contribution in [3.63, 3.8) is 0 Å². The third-order valence-electron chi connectivity index (χ3n) is 2.35. The summed E-state index contributed by atoms with van der Waals surface area (Å²) in [4.78, 5) is 11.6. The van der Waals surface area contributed by atoms with Crippen molar-refractivity contribution in [3.05, 3.63) is 39.5 Å². The SMILES string of the molecule is O=c1c(Cl)c(NCc2cn[nH]c2)cnn1CC(F)(F)F. The second-order valence-electron chi connectivity index (χ2n) is 3.91. The van der Waals surface area contributed by atoms with E-state index in [0.29, 0.717) is 6.54 Å². The van der Waals surface area contributed by atoms with Crippen LogP contribution in [0.4, 0.5) is 18.9 Å². The van der Waals surface area contributed by atoms with Gasteiger partial charge in [-0.15, -0.1) is 0 Å². The number of hydrogen-bond acceptors (Lipinski definition) is 4. The third kappa shape index (κ3) is 3.50. The van der Waals surface area contributed by atoms with Crippen molar-refractivity contribution in [1.29, 1.82) is 0 Å². The third-order valence-corrected chi connectivity index (χ3v) is 2.72. The van der Waals surface area contributed by atoms with Crippen LogP contribution in [0.25, 0.3) is 0 Å². The Morgan fingerprint density at radius 2 is 2.15 bits per heavy atom. The van der Waals surface area contributed by atoms with Crippen molar-refractivity contribution in [1.82, 2.24) is 20.0 Å². The topological polar surface area (TPSA) is 75.6 Å². The molecule has 2 rings (SSSR count). The maximum Gasteiger partial charge on any atom is 0.408 e. The number of anilines is 1. The molecular weight excluding hydrogens is 299 g/mol. The van der Waals surface area contributed by atoms with Gasteiger partial charge in [0.1, 0.15) is 11.6 Å². The molecule has 0 unspecified atom stereocenters. The molecule has 0 aliphatic rings. The number of rotatable bonds is 4. The van der Waals surface area contributed by atoms with Gasteiger partial charge in [-0.2, -0.15) is 23.4 Å². The number of hydrogen-bond donors (Lipinski definition) is 2. The van der Waals surface area contributed by atoms with Crippen LogP contribution in [0.15, 0.2) is 23.4 Å². The van der Waals surface area contributed by atoms with Crippen LogP contribution in [0.3, 0.4) is 0 Å². The molecule has 20 heavy (non-hydrogen) atoms. The van der Waals surface area contributed by atoms with Crippen LogP contribution >= 0.6 is 11.6 Å². The van der Waals surface area contributed by atoms with Crippen LogP contribution in [0.1, 0.15) is 5.56 Å². The lowest BCUT2D eigenvalue weighted by Gasteiger charge is -2.11. The molecule has 0 amide bonds. The summed E-state index contributed by atoms with van der Waals surface area (Å²) < 4.78 is 36.9. The molecule has 2 aromatic heterocycles. The standard InChI is InChI=1S/C10H9ClF3N5O/c11-8-7(15-1-6-2-16-17-3-6)4-18-19(9(8)20)5-10(12,13)14/h2-4,15H,1,5H2,(H,16,17). The fraction of sp³-hybridized carbons (Fsp3) is 0.300. The highest BCUT2D eigenvalue weighted by atomic mass is 35.5. The smallest absolute Gasteiger partial charge is 0.378 e. The predicted molar refractivity (Wildman–Crippen MR) is 65.5 cm³/mol. The Morgan fingerprint density at radius 3 is 2.75 bits per heavy atom. The first kappa shape index (κ1) is 14.4. The van der Waals surface area contributed by atoms with E-state index in [0.717, 1.165) is 11.8 Å². The van der Waals surface area contributed by atoms with Crippen molar-refractivity contribution in [2.24, 2.45) is 0 Å². The minimum atomic E-state index is -4.54. The number of alkyl halides is 3. The first-order chi connectivity index (χ1) is 9.37. The number of H-pyrrole nitrogens is 1. The summed E-state index contributed by atoms with van der Waals surface area (Å²) in [5, 5.41) is 12.2. The normalized spacial score (nSPS) is 11.6. The van der Waals surface area contributed by atoms with Gasteiger partial charge in [-0.1, -0.05) is 11.6 Å². The molecular formula is C10H9ClF3N5O. The van der Waals surface area contributed by atoms with Crippen LogP contribution in [0.2, 0.25) is 5.02 Å². The van der Waals surface area contributed by atoms with Crippen LogP contribution in [0, 0.1) is 0 Å². The lowest BCUT2D eigenvalue weighted by molar-refractivity contribution is -0.143. The Morgan fingerprint density at radius 1 is 1.40 bits per heavy atom. The summed E-state index contributed by atoms with van der Waals surface area (Å²) in [5.74, 6) is 0. The fourth-order valence-electron chi connectivity index (χ4n) is 1.44. The molecule has 0 saturated heterocycles. The molecule has 0 bridgehead atoms. The Balaban J connectivity index is 2.16. The maximum absolute atomic E-state index is 12.2. The van der Waals surface area contributed by atoms with Crippen molar-refractivity contribution < 1.29 is 13.2 Å². The lowest BCUT2D eigenvalue weighted by Crippen LogP contribution is -2.30. The molecule has 0 spiro atoms. The summed E-state index contributed by atoms with van der Waals surface area (Å²) in [7, 11) is 0. The van der Waals surface area contributed by atoms with E-state index in [1.54, 1.807) is 12.4 Å². The van der Waals surface area contributed by atoms with Gasteiger partial charge in [-0.05, 0) is 0 Å². The molecule has 0 atom stereocenters. The highest BCUT2D eigenvalue weighted by molar-refractivity contribution is 6.32. The van der Waals surface area contributed by atoms with E-state index in [1.807, 2.05) is 0 Å². The zero-order chi connectivity index (χ0) is 14.8. The molecule has 0 fully saturated rings. The monoisotopic (exact) mass is 307 g/mol. The van der Waals surface area contributed by atoms with Crippen molar-refractivity contribution in [3.8, 4) is 0 Å². The summed E-state index contributed by atoms with van der Waals surface area (Å²) in [5.41, 5.74) is -0.0435. The minimum absolute atomic E-state index is 0.163. The first-order valence-corrected chi connectivity index (χ1v) is 5.78. The second kappa shape index (κ2) is 5.53. The zero-order valence-corrected chi connectivity index (χ0v) is 10.7. The van der Waals surface area contributed by atoms with Gasteiger partial charge < -0.3 is 5.32 Å². The summed E-state index contributed by atoms with van der Waals surface area (Å²) >= 11 is 5.74. The zero-order valence-electron chi connectivity index (χ0n) is 9.91. The molecule has 0 aromatic carbocycles. The number of halogens is 4. The maximum atomic E-state index is 12.2. The van der Waals surface area contributed by atoms with Crippen LogP contribution in [-0.2, 0) is 13.1 Å². The molecule has 10 heteroatoms. The van der Waals surface area contributed by atoms with Crippen LogP contribution in [-0.4, -0.2) is 26.2 Å². The molecule has 2 aromatic rings. The van der Waals surface area contributed by atoms with Gasteiger partial charge >= 0.3 is 6.18 Å². The highest BCUT2D eigenvalue weighted by Gasteiger charge is 2.29. The summed E-state index contributed by atoms with van der Waals surface area (Å²) in [6.07, 6.45) is -0.278. The van der Waals surface area contributed by atoms with Gasteiger partial charge in [-0.25, -0.2) is 4.68 Å². The van der Waals surface area contributed by atoms with Gasteiger partial charge in [0.2, 0.25) is 0 Å². The Kier molecular flexibility index (Phi) is 3.98. The van der Waals surface area contributed by atoms with E-state index < -0.39 is 18.3 Å². The predicted octanol–water partition coefficient (Wildman–Crippen LogP) is 1.79. The van der Waals surface area contributed by atoms with E-state index in [1.165, 1.54) is 0 Å². The molecule has 0 aliphatic heterocycles. The van der Waals surface area contributed by atoms with Gasteiger partial charge in [0.25, 0.3) is 5.56 Å². The fourth-order valence-corrected chi connectivity index (χ4v) is 1.66. The molecule has 2 N–H and O–H groups in total. The average Bonchev–Trinajstić information content (AvgIpc) is 2.86. The number of aromatic nitrogens is 4. The van der Waals surface area contributed by atoms with Crippen molar-refractivity contribution in [2.45, 2.75) is 19.3 Å². The van der Waals surface area contributed by atoms with Gasteiger partial charge in [-0.3, -0.25) is 9.89 Å². The summed E-state index contributed by atoms with van der Waals surface area (Å²) in [6.45, 7) is -1.17. The largest absolute Gasteiger partial charge is 0.408 e. The molecule has 0 aliphatic carbocycles. The highest BCUT2D eigenvalue weighted by Crippen LogP contribution is 2.19. The van der Waals surface area contributed by atoms with Crippen molar-refractivity contribution in [2.75, 3.05) is 5.32 Å². The number of aromatic amines is 1. The lowest BCUT2D eigenvalue weighted by atomic mass is 10.3. The molecule has 0 saturated carbocycles. The van der Waals surface area contributed by atoms with E-state index in [2.05, 4.69) is 20.6 Å². The van der Waals surface area contributed by atoms with Gasteiger partial charge in [0, 0.05) is 18.3 Å². The Hall–Kier alpha value is -2.03. The van der Waals surface area contributed by atoms with Crippen LogP contribution in [0.5, 0.6) is 0 Å². The first-order valence-electron chi connectivity index (χ1n) is 5.41. The molecule has 6 nitrogen and oxygen atoms in total. The molecule has 2 heterocycles. The number of nitrogens with one attached hydrogen (secondary N) is 2.